The van der Waals surface area contributed by atoms with Crippen molar-refractivity contribution in [3.8, 4) is 11.3 Å². The van der Waals surface area contributed by atoms with Crippen molar-refractivity contribution < 1.29 is 37.8 Å². The number of hydrogen-bond donors (Lipinski definition) is 4. The van der Waals surface area contributed by atoms with Gasteiger partial charge in [-0.1, -0.05) is 5.16 Å². The molecule has 35 heavy (non-hydrogen) atoms. The lowest BCUT2D eigenvalue weighted by Crippen LogP contribution is -2.30. The van der Waals surface area contributed by atoms with E-state index in [4.69, 9.17) is 20.2 Å². The minimum absolute atomic E-state index is 0.214. The van der Waals surface area contributed by atoms with E-state index in [-0.39, 0.29) is 12.6 Å². The Morgan fingerprint density at radius 2 is 1.91 bits per heavy atom. The molecule has 0 radical (unpaired) electrons. The molecule has 3 aliphatic rings. The van der Waals surface area contributed by atoms with E-state index in [1.807, 2.05) is 0 Å². The SMILES string of the molecule is Nc1ncnc2c1c1c(n2C2CC(CO)C2)CCC(O)c2c-1noc2C1CC1.O=C(O)C(F)(F)F. The fourth-order valence-corrected chi connectivity index (χ4v) is 5.03. The number of aliphatic hydroxyl groups is 2. The summed E-state index contributed by atoms with van der Waals surface area (Å²) < 4.78 is 39.7. The molecule has 1 unspecified atom stereocenters. The molecular formula is C22H24F3N5O5. The van der Waals surface area contributed by atoms with E-state index < -0.39 is 18.2 Å². The first kappa shape index (κ1) is 23.5. The maximum Gasteiger partial charge on any atom is 0.490 e. The van der Waals surface area contributed by atoms with Gasteiger partial charge in [-0.15, -0.1) is 0 Å². The lowest BCUT2D eigenvalue weighted by atomic mass is 9.80. The number of nitrogens with two attached hydrogens (primary N) is 1. The number of hydrogen-bond acceptors (Lipinski definition) is 8. The van der Waals surface area contributed by atoms with Gasteiger partial charge in [0, 0.05) is 29.8 Å². The normalized spacial score (nSPS) is 23.5. The fraction of sp³-hybridized carbons (Fsp3) is 0.545. The number of aromatic nitrogens is 4. The Hall–Kier alpha value is -3.19. The highest BCUT2D eigenvalue weighted by Crippen LogP contribution is 2.52. The Labute approximate surface area is 196 Å². The van der Waals surface area contributed by atoms with Crippen LogP contribution < -0.4 is 5.73 Å². The van der Waals surface area contributed by atoms with Crippen LogP contribution in [0.25, 0.3) is 22.3 Å². The predicted molar refractivity (Wildman–Crippen MR) is 115 cm³/mol. The van der Waals surface area contributed by atoms with E-state index in [1.165, 1.54) is 6.33 Å². The van der Waals surface area contributed by atoms with E-state index in [0.717, 1.165) is 59.3 Å². The number of anilines is 1. The number of nitrogen functional groups attached to an aromatic ring is 1. The summed E-state index contributed by atoms with van der Waals surface area (Å²) in [7, 11) is 0. The lowest BCUT2D eigenvalue weighted by molar-refractivity contribution is -0.192. The van der Waals surface area contributed by atoms with Crippen molar-refractivity contribution >= 4 is 22.8 Å². The Morgan fingerprint density at radius 1 is 1.23 bits per heavy atom. The summed E-state index contributed by atoms with van der Waals surface area (Å²) in [5.41, 5.74) is 10.7. The molecule has 10 nitrogen and oxygen atoms in total. The number of alkyl halides is 3. The van der Waals surface area contributed by atoms with Gasteiger partial charge in [-0.2, -0.15) is 13.2 Å². The van der Waals surface area contributed by atoms with Crippen molar-refractivity contribution in [2.75, 3.05) is 12.3 Å². The Bertz CT molecular complexity index is 1280. The van der Waals surface area contributed by atoms with Gasteiger partial charge in [0.1, 0.15) is 29.2 Å². The van der Waals surface area contributed by atoms with Crippen LogP contribution in [-0.2, 0) is 11.2 Å². The zero-order valence-corrected chi connectivity index (χ0v) is 18.5. The van der Waals surface area contributed by atoms with Crippen LogP contribution in [0.5, 0.6) is 0 Å². The predicted octanol–water partition coefficient (Wildman–Crippen LogP) is 3.10. The summed E-state index contributed by atoms with van der Waals surface area (Å²) in [6.45, 7) is 0.214. The van der Waals surface area contributed by atoms with E-state index in [0.29, 0.717) is 36.2 Å². The smallest absolute Gasteiger partial charge is 0.475 e. The van der Waals surface area contributed by atoms with Crippen LogP contribution in [0.2, 0.25) is 0 Å². The van der Waals surface area contributed by atoms with E-state index in [1.54, 1.807) is 0 Å². The van der Waals surface area contributed by atoms with Crippen LogP contribution in [0.3, 0.4) is 0 Å². The van der Waals surface area contributed by atoms with Gasteiger partial charge in [0.05, 0.1) is 17.1 Å². The van der Waals surface area contributed by atoms with Crippen LogP contribution in [0.15, 0.2) is 10.9 Å². The van der Waals surface area contributed by atoms with Crippen LogP contribution in [0.4, 0.5) is 19.0 Å². The third-order valence-electron chi connectivity index (χ3n) is 6.92. The second-order valence-corrected chi connectivity index (χ2v) is 9.26. The van der Waals surface area contributed by atoms with Gasteiger partial charge in [0.15, 0.2) is 0 Å². The average molecular weight is 495 g/mol. The molecule has 0 aromatic carbocycles. The number of rotatable bonds is 3. The number of carboxylic acid groups (broad SMARTS) is 1. The molecule has 0 bridgehead atoms. The standard InChI is InChI=1S/C20H23N5O3.C2HF3O2/c21-19-16-14-12(25(20(16)23-8-22-19)11-5-9(6-11)7-26)3-4-13(27)15-17(14)24-28-18(15)10-1-2-10;3-2(4,5)1(6)7/h8-11,13,26-27H,1-7H2,(H2,21,22,23);(H,6,7). The molecule has 0 saturated heterocycles. The van der Waals surface area contributed by atoms with Gasteiger partial charge < -0.3 is 30.1 Å². The number of halogens is 3. The lowest BCUT2D eigenvalue weighted by Gasteiger charge is -2.36. The molecule has 3 aromatic heterocycles. The molecule has 0 amide bonds. The maximum atomic E-state index is 10.9. The Kier molecular flexibility index (Phi) is 5.71. The average Bonchev–Trinajstić information content (AvgIpc) is 3.46. The largest absolute Gasteiger partial charge is 0.490 e. The monoisotopic (exact) mass is 495 g/mol. The number of nitrogens with zero attached hydrogens (tertiary/aromatic N) is 4. The maximum absolute atomic E-state index is 10.9. The first-order chi connectivity index (χ1) is 16.6. The van der Waals surface area contributed by atoms with Gasteiger partial charge in [0.25, 0.3) is 0 Å². The van der Waals surface area contributed by atoms with Crippen molar-refractivity contribution in [1.82, 2.24) is 19.7 Å². The summed E-state index contributed by atoms with van der Waals surface area (Å²) >= 11 is 0. The Morgan fingerprint density at radius 3 is 2.51 bits per heavy atom. The van der Waals surface area contributed by atoms with Gasteiger partial charge in [-0.3, -0.25) is 0 Å². The third kappa shape index (κ3) is 4.01. The molecule has 13 heteroatoms. The zero-order valence-electron chi connectivity index (χ0n) is 18.5. The molecule has 1 atom stereocenters. The first-order valence-electron chi connectivity index (χ1n) is 11.3. The van der Waals surface area contributed by atoms with Crippen molar-refractivity contribution in [1.29, 1.82) is 0 Å². The second kappa shape index (κ2) is 8.48. The van der Waals surface area contributed by atoms with Crippen LogP contribution >= 0.6 is 0 Å². The number of aliphatic carboxylic acids is 1. The topological polar surface area (TPSA) is 161 Å². The molecule has 0 aliphatic heterocycles. The summed E-state index contributed by atoms with van der Waals surface area (Å²) in [5, 5.41) is 32.7. The number of carbonyl (C=O) groups is 1. The quantitative estimate of drug-likeness (QED) is 0.428. The van der Waals surface area contributed by atoms with Gasteiger partial charge in [-0.25, -0.2) is 14.8 Å². The number of carboxylic acids is 1. The molecule has 3 heterocycles. The third-order valence-corrected chi connectivity index (χ3v) is 6.92. The van der Waals surface area contributed by atoms with E-state index in [2.05, 4.69) is 19.7 Å². The highest BCUT2D eigenvalue weighted by Gasteiger charge is 2.41. The minimum atomic E-state index is -5.08. The summed E-state index contributed by atoms with van der Waals surface area (Å²) in [5.74, 6) is -0.802. The summed E-state index contributed by atoms with van der Waals surface area (Å²) in [4.78, 5) is 17.7. The van der Waals surface area contributed by atoms with Crippen LogP contribution in [0, 0.1) is 5.92 Å². The van der Waals surface area contributed by atoms with Crippen molar-refractivity contribution in [2.24, 2.45) is 5.92 Å². The summed E-state index contributed by atoms with van der Waals surface area (Å²) in [6, 6.07) is 0.270. The number of aliphatic hydroxyl groups excluding tert-OH is 2. The molecule has 0 spiro atoms. The molecule has 6 rings (SSSR count). The zero-order chi connectivity index (χ0) is 25.1. The van der Waals surface area contributed by atoms with Crippen molar-refractivity contribution in [3.05, 3.63) is 23.3 Å². The minimum Gasteiger partial charge on any atom is -0.475 e. The second-order valence-electron chi connectivity index (χ2n) is 9.26. The number of fused-ring (bicyclic) bond motifs is 5. The van der Waals surface area contributed by atoms with Gasteiger partial charge >= 0.3 is 12.1 Å². The molecule has 5 N–H and O–H groups in total. The van der Waals surface area contributed by atoms with E-state index >= 15 is 0 Å². The molecule has 3 aromatic rings. The first-order valence-corrected chi connectivity index (χ1v) is 11.3. The molecule has 2 saturated carbocycles. The van der Waals surface area contributed by atoms with Gasteiger partial charge in [0.2, 0.25) is 0 Å². The van der Waals surface area contributed by atoms with Gasteiger partial charge in [-0.05, 0) is 44.4 Å². The highest BCUT2D eigenvalue weighted by molar-refractivity contribution is 6.02. The molecular weight excluding hydrogens is 471 g/mol. The van der Waals surface area contributed by atoms with Crippen molar-refractivity contribution in [3.63, 3.8) is 0 Å². The summed E-state index contributed by atoms with van der Waals surface area (Å²) in [6.07, 6.45) is 1.15. The van der Waals surface area contributed by atoms with Crippen molar-refractivity contribution in [2.45, 2.75) is 62.8 Å². The van der Waals surface area contributed by atoms with Crippen LogP contribution in [-0.4, -0.2) is 53.8 Å². The highest BCUT2D eigenvalue weighted by atomic mass is 19.4. The fourth-order valence-electron chi connectivity index (χ4n) is 5.03. The molecule has 2 fully saturated rings. The molecule has 3 aliphatic carbocycles. The van der Waals surface area contributed by atoms with E-state index in [9.17, 15) is 23.4 Å². The van der Waals surface area contributed by atoms with Crippen LogP contribution in [0.1, 0.15) is 67.2 Å². The Balaban J connectivity index is 0.000000320. The molecule has 188 valence electrons.